The van der Waals surface area contributed by atoms with Gasteiger partial charge in [-0.3, -0.25) is 4.79 Å². The number of nitrogens with one attached hydrogen (secondary N) is 1. The van der Waals surface area contributed by atoms with E-state index in [-0.39, 0.29) is 11.9 Å². The fourth-order valence-electron chi connectivity index (χ4n) is 3.28. The van der Waals surface area contributed by atoms with Gasteiger partial charge in [-0.2, -0.15) is 5.26 Å². The maximum atomic E-state index is 12.3. The third-order valence-corrected chi connectivity index (χ3v) is 5.00. The van der Waals surface area contributed by atoms with E-state index in [1.807, 2.05) is 24.4 Å². The molecule has 0 radical (unpaired) electrons. The van der Waals surface area contributed by atoms with E-state index in [1.165, 1.54) is 16.3 Å². The Morgan fingerprint density at radius 3 is 2.75 bits per heavy atom. The van der Waals surface area contributed by atoms with Gasteiger partial charge >= 0.3 is 0 Å². The summed E-state index contributed by atoms with van der Waals surface area (Å²) in [6.45, 7) is 4.27. The van der Waals surface area contributed by atoms with E-state index < -0.39 is 5.54 Å². The molecule has 1 saturated carbocycles. The van der Waals surface area contributed by atoms with Crippen LogP contribution in [0.15, 0.2) is 42.5 Å². The van der Waals surface area contributed by atoms with Crippen LogP contribution in [0.25, 0.3) is 10.8 Å². The predicted octanol–water partition coefficient (Wildman–Crippen LogP) is 2.27. The van der Waals surface area contributed by atoms with Crippen molar-refractivity contribution < 1.29 is 10.1 Å². The molecule has 1 fully saturated rings. The van der Waals surface area contributed by atoms with Crippen LogP contribution in [0.2, 0.25) is 0 Å². The summed E-state index contributed by atoms with van der Waals surface area (Å²) in [7, 11) is 0. The Morgan fingerprint density at radius 2 is 2.04 bits per heavy atom. The molecule has 4 nitrogen and oxygen atoms in total. The van der Waals surface area contributed by atoms with Crippen molar-refractivity contribution in [1.82, 2.24) is 5.32 Å². The number of fused-ring (bicyclic) bond motifs is 1. The van der Waals surface area contributed by atoms with Crippen molar-refractivity contribution in [1.29, 1.82) is 5.26 Å². The Kier molecular flexibility index (Phi) is 4.55. The predicted molar refractivity (Wildman–Crippen MR) is 94.0 cm³/mol. The monoisotopic (exact) mass is 322 g/mol. The van der Waals surface area contributed by atoms with Crippen LogP contribution in [-0.2, 0) is 4.79 Å². The van der Waals surface area contributed by atoms with E-state index in [2.05, 4.69) is 48.6 Å². The number of rotatable bonds is 6. The molecule has 0 aromatic heterocycles. The maximum Gasteiger partial charge on any atom is 0.276 e. The lowest BCUT2D eigenvalue weighted by molar-refractivity contribution is -0.682. The van der Waals surface area contributed by atoms with Crippen LogP contribution in [0, 0.1) is 17.2 Å². The Balaban J connectivity index is 1.63. The average Bonchev–Trinajstić information content (AvgIpc) is 3.44. The van der Waals surface area contributed by atoms with Crippen molar-refractivity contribution in [3.8, 4) is 6.07 Å². The number of quaternary nitrogens is 1. The lowest BCUT2D eigenvalue weighted by Crippen LogP contribution is -2.87. The van der Waals surface area contributed by atoms with Gasteiger partial charge in [0.15, 0.2) is 6.54 Å². The molecular formula is C20H24N3O+. The molecule has 0 spiro atoms. The maximum absolute atomic E-state index is 12.3. The summed E-state index contributed by atoms with van der Waals surface area (Å²) in [5.41, 5.74) is 0.513. The number of nitrogens with zero attached hydrogens (tertiary/aromatic N) is 1. The van der Waals surface area contributed by atoms with Crippen molar-refractivity contribution in [2.75, 3.05) is 6.54 Å². The van der Waals surface area contributed by atoms with Gasteiger partial charge in [-0.1, -0.05) is 42.5 Å². The molecule has 3 rings (SSSR count). The molecular weight excluding hydrogens is 298 g/mol. The molecule has 0 heterocycles. The number of carbonyl (C=O) groups excluding carboxylic acids is 1. The molecule has 1 aliphatic carbocycles. The smallest absolute Gasteiger partial charge is 0.276 e. The number of carbonyl (C=O) groups is 1. The number of nitrogens with two attached hydrogens (primary N) is 1. The standard InChI is InChI=1S/C20H23N3O/c1-14(17-9-5-7-15-6-3-4-8-18(15)17)22-12-19(24)23-20(2,13-21)16-10-11-16/h3-9,14,16,22H,10-12H2,1-2H3,(H,23,24)/p+1/t14-,20-/m1/s1. The number of hydrogen-bond donors (Lipinski definition) is 2. The van der Waals surface area contributed by atoms with Gasteiger partial charge in [0.2, 0.25) is 0 Å². The van der Waals surface area contributed by atoms with E-state index in [0.29, 0.717) is 12.5 Å². The Labute approximate surface area is 142 Å². The van der Waals surface area contributed by atoms with Gasteiger partial charge in [-0.25, -0.2) is 0 Å². The van der Waals surface area contributed by atoms with Crippen molar-refractivity contribution >= 4 is 16.7 Å². The minimum absolute atomic E-state index is 0.0713. The first-order valence-electron chi connectivity index (χ1n) is 8.57. The molecule has 2 atom stereocenters. The van der Waals surface area contributed by atoms with Gasteiger partial charge in [0.1, 0.15) is 11.6 Å². The lowest BCUT2D eigenvalue weighted by Gasteiger charge is -2.22. The second kappa shape index (κ2) is 6.62. The minimum atomic E-state index is -0.715. The highest BCUT2D eigenvalue weighted by Crippen LogP contribution is 2.39. The molecule has 0 aliphatic heterocycles. The highest BCUT2D eigenvalue weighted by Gasteiger charge is 2.43. The van der Waals surface area contributed by atoms with Crippen LogP contribution in [-0.4, -0.2) is 18.0 Å². The summed E-state index contributed by atoms with van der Waals surface area (Å²) in [5.74, 6) is 0.236. The highest BCUT2D eigenvalue weighted by molar-refractivity contribution is 5.86. The van der Waals surface area contributed by atoms with Crippen LogP contribution in [0.4, 0.5) is 0 Å². The number of nitriles is 1. The topological polar surface area (TPSA) is 69.5 Å². The molecule has 0 unspecified atom stereocenters. The summed E-state index contributed by atoms with van der Waals surface area (Å²) >= 11 is 0. The number of benzene rings is 2. The van der Waals surface area contributed by atoms with Gasteiger partial charge in [0.05, 0.1) is 6.07 Å². The average molecular weight is 322 g/mol. The Hall–Kier alpha value is -2.38. The van der Waals surface area contributed by atoms with Crippen molar-refractivity contribution in [2.24, 2.45) is 5.92 Å². The zero-order valence-corrected chi connectivity index (χ0v) is 14.3. The van der Waals surface area contributed by atoms with Gasteiger partial charge in [-0.05, 0) is 43.4 Å². The number of hydrogen-bond acceptors (Lipinski definition) is 2. The Morgan fingerprint density at radius 1 is 1.33 bits per heavy atom. The first-order valence-corrected chi connectivity index (χ1v) is 8.57. The largest absolute Gasteiger partial charge is 0.333 e. The summed E-state index contributed by atoms with van der Waals surface area (Å²) in [6, 6.07) is 17.0. The number of amides is 1. The lowest BCUT2D eigenvalue weighted by atomic mass is 9.98. The van der Waals surface area contributed by atoms with Crippen molar-refractivity contribution in [3.05, 3.63) is 48.0 Å². The minimum Gasteiger partial charge on any atom is -0.333 e. The van der Waals surface area contributed by atoms with E-state index in [0.717, 1.165) is 12.8 Å². The molecule has 0 saturated heterocycles. The van der Waals surface area contributed by atoms with Gasteiger partial charge in [0.25, 0.3) is 5.91 Å². The molecule has 24 heavy (non-hydrogen) atoms. The molecule has 4 heteroatoms. The zero-order valence-electron chi connectivity index (χ0n) is 14.3. The second-order valence-electron chi connectivity index (χ2n) is 6.93. The summed E-state index contributed by atoms with van der Waals surface area (Å²) in [6.07, 6.45) is 2.06. The Bertz CT molecular complexity index is 786. The molecule has 124 valence electrons. The molecule has 2 aromatic rings. The normalized spacial score (nSPS) is 17.7. The first kappa shape index (κ1) is 16.5. The van der Waals surface area contributed by atoms with Gasteiger partial charge in [-0.15, -0.1) is 0 Å². The highest BCUT2D eigenvalue weighted by atomic mass is 16.2. The van der Waals surface area contributed by atoms with Crippen molar-refractivity contribution in [3.63, 3.8) is 0 Å². The van der Waals surface area contributed by atoms with Gasteiger partial charge in [0, 0.05) is 5.56 Å². The summed E-state index contributed by atoms with van der Waals surface area (Å²) in [5, 5.41) is 16.7. The van der Waals surface area contributed by atoms with Crippen LogP contribution in [0.1, 0.15) is 38.3 Å². The SMILES string of the molecule is C[C@@H]([NH2+]CC(=O)N[C@](C)(C#N)C1CC1)c1cccc2ccccc12. The first-order chi connectivity index (χ1) is 11.5. The molecule has 2 aromatic carbocycles. The van der Waals surface area contributed by atoms with Crippen LogP contribution in [0.5, 0.6) is 0 Å². The van der Waals surface area contributed by atoms with Crippen LogP contribution in [0.3, 0.4) is 0 Å². The fraction of sp³-hybridized carbons (Fsp3) is 0.400. The van der Waals surface area contributed by atoms with Gasteiger partial charge < -0.3 is 10.6 Å². The molecule has 1 amide bonds. The van der Waals surface area contributed by atoms with Crippen LogP contribution >= 0.6 is 0 Å². The third-order valence-electron chi connectivity index (χ3n) is 5.00. The quantitative estimate of drug-likeness (QED) is 0.856. The van der Waals surface area contributed by atoms with Crippen molar-refractivity contribution in [2.45, 2.75) is 38.3 Å². The summed E-state index contributed by atoms with van der Waals surface area (Å²) in [4.78, 5) is 12.3. The fourth-order valence-corrected chi connectivity index (χ4v) is 3.28. The van der Waals surface area contributed by atoms with Crippen LogP contribution < -0.4 is 10.6 Å². The zero-order chi connectivity index (χ0) is 17.2. The second-order valence-corrected chi connectivity index (χ2v) is 6.93. The van der Waals surface area contributed by atoms with E-state index >= 15 is 0 Å². The molecule has 3 N–H and O–H groups in total. The summed E-state index contributed by atoms with van der Waals surface area (Å²) < 4.78 is 0. The van der Waals surface area contributed by atoms with E-state index in [9.17, 15) is 10.1 Å². The van der Waals surface area contributed by atoms with E-state index in [1.54, 1.807) is 0 Å². The third kappa shape index (κ3) is 3.42. The van der Waals surface area contributed by atoms with E-state index in [4.69, 9.17) is 0 Å². The molecule has 0 bridgehead atoms. The molecule has 1 aliphatic rings.